The Balaban J connectivity index is 3.02. The van der Waals surface area contributed by atoms with E-state index in [0.29, 0.717) is 5.69 Å². The van der Waals surface area contributed by atoms with Gasteiger partial charge in [-0.25, -0.2) is 4.79 Å². The predicted octanol–water partition coefficient (Wildman–Crippen LogP) is -0.422. The van der Waals surface area contributed by atoms with E-state index >= 15 is 0 Å². The van der Waals surface area contributed by atoms with Crippen molar-refractivity contribution in [2.75, 3.05) is 11.9 Å². The summed E-state index contributed by atoms with van der Waals surface area (Å²) in [4.78, 5) is 40.4. The van der Waals surface area contributed by atoms with Gasteiger partial charge in [0.05, 0.1) is 5.30 Å². The van der Waals surface area contributed by atoms with Gasteiger partial charge in [0.15, 0.2) is 12.3 Å². The topological polar surface area (TPSA) is 115 Å². The number of nitrogens with zero attached hydrogens (tertiary/aromatic N) is 1. The molecular weight excluding hydrogens is 261 g/mol. The van der Waals surface area contributed by atoms with Crippen LogP contribution < -0.4 is 10.2 Å². The van der Waals surface area contributed by atoms with E-state index in [0.717, 1.165) is 0 Å². The fraction of sp³-hybridized carbons (Fsp3) is 0.200. The van der Waals surface area contributed by atoms with Gasteiger partial charge in [-0.1, -0.05) is 0 Å². The molecule has 0 spiro atoms. The summed E-state index contributed by atoms with van der Waals surface area (Å²) >= 11 is 0. The maximum Gasteiger partial charge on any atom is 0.356 e. The third-order valence-electron chi connectivity index (χ3n) is 2.39. The number of aliphatic carboxylic acids is 1. The van der Waals surface area contributed by atoms with Crippen LogP contribution in [0.25, 0.3) is 0 Å². The molecule has 0 aromatic heterocycles. The van der Waals surface area contributed by atoms with E-state index in [1.54, 1.807) is 0 Å². The van der Waals surface area contributed by atoms with Gasteiger partial charge in [-0.05, 0) is 24.3 Å². The lowest BCUT2D eigenvalue weighted by molar-refractivity contribution is -0.139. The van der Waals surface area contributed by atoms with Gasteiger partial charge in [0.2, 0.25) is 0 Å². The van der Waals surface area contributed by atoms with Crippen molar-refractivity contribution in [1.29, 1.82) is 0 Å². The SMILES string of the molecule is CN(c1ccc(P(=O)(O)O)cc1)[C@@H](C=O)C(=O)O. The second kappa shape index (κ2) is 5.30. The largest absolute Gasteiger partial charge is 0.479 e. The van der Waals surface area contributed by atoms with E-state index < -0.39 is 19.6 Å². The molecule has 98 valence electrons. The number of rotatable bonds is 5. The molecule has 0 fully saturated rings. The number of carboxylic acid groups (broad SMARTS) is 1. The van der Waals surface area contributed by atoms with Gasteiger partial charge in [0.25, 0.3) is 0 Å². The molecule has 0 saturated carbocycles. The van der Waals surface area contributed by atoms with Gasteiger partial charge in [-0.2, -0.15) is 0 Å². The van der Waals surface area contributed by atoms with Gasteiger partial charge in [-0.3, -0.25) is 4.57 Å². The normalized spacial score (nSPS) is 12.8. The van der Waals surface area contributed by atoms with Crippen LogP contribution in [0.2, 0.25) is 0 Å². The van der Waals surface area contributed by atoms with Crippen LogP contribution in [0, 0.1) is 0 Å². The second-order valence-electron chi connectivity index (χ2n) is 3.59. The van der Waals surface area contributed by atoms with Gasteiger partial charge in [0, 0.05) is 12.7 Å². The van der Waals surface area contributed by atoms with E-state index in [9.17, 15) is 14.2 Å². The Kier molecular flexibility index (Phi) is 4.24. The Morgan fingerprint density at radius 3 is 2.17 bits per heavy atom. The van der Waals surface area contributed by atoms with Crippen molar-refractivity contribution in [2.45, 2.75) is 6.04 Å². The van der Waals surface area contributed by atoms with E-state index in [-0.39, 0.29) is 11.6 Å². The van der Waals surface area contributed by atoms with Crippen molar-refractivity contribution >= 4 is 30.8 Å². The molecular formula is C10H12NO6P. The minimum atomic E-state index is -4.32. The van der Waals surface area contributed by atoms with E-state index in [1.165, 1.54) is 36.2 Å². The smallest absolute Gasteiger partial charge is 0.356 e. The molecule has 1 aromatic carbocycles. The summed E-state index contributed by atoms with van der Waals surface area (Å²) in [5.74, 6) is -1.30. The van der Waals surface area contributed by atoms with E-state index in [2.05, 4.69) is 0 Å². The van der Waals surface area contributed by atoms with Crippen molar-refractivity contribution in [3.63, 3.8) is 0 Å². The first-order valence-corrected chi connectivity index (χ1v) is 6.45. The summed E-state index contributed by atoms with van der Waals surface area (Å²) in [6, 6.07) is 3.72. The molecule has 0 aliphatic rings. The van der Waals surface area contributed by atoms with E-state index in [1.807, 2.05) is 0 Å². The third kappa shape index (κ3) is 3.16. The molecule has 7 nitrogen and oxygen atoms in total. The number of anilines is 1. The average Bonchev–Trinajstić information content (AvgIpc) is 2.28. The highest BCUT2D eigenvalue weighted by Gasteiger charge is 2.23. The van der Waals surface area contributed by atoms with Crippen molar-refractivity contribution in [3.05, 3.63) is 24.3 Å². The molecule has 0 heterocycles. The van der Waals surface area contributed by atoms with Crippen LogP contribution in [0.3, 0.4) is 0 Å². The van der Waals surface area contributed by atoms with Gasteiger partial charge in [-0.15, -0.1) is 0 Å². The molecule has 18 heavy (non-hydrogen) atoms. The highest BCUT2D eigenvalue weighted by Crippen LogP contribution is 2.33. The molecule has 0 aliphatic heterocycles. The van der Waals surface area contributed by atoms with Crippen LogP contribution in [0.5, 0.6) is 0 Å². The predicted molar refractivity (Wildman–Crippen MR) is 64.0 cm³/mol. The number of aldehydes is 1. The summed E-state index contributed by atoms with van der Waals surface area (Å²) in [5, 5.41) is 8.62. The number of hydrogen-bond acceptors (Lipinski definition) is 4. The van der Waals surface area contributed by atoms with Gasteiger partial charge < -0.3 is 24.6 Å². The minimum absolute atomic E-state index is 0.169. The first-order valence-electron chi connectivity index (χ1n) is 4.84. The van der Waals surface area contributed by atoms with Crippen LogP contribution in [0.4, 0.5) is 5.69 Å². The Bertz CT molecular complexity index is 494. The Hall–Kier alpha value is -1.69. The molecule has 8 heteroatoms. The summed E-state index contributed by atoms with van der Waals surface area (Å²) in [6.45, 7) is 0. The third-order valence-corrected chi connectivity index (χ3v) is 3.36. The van der Waals surface area contributed by atoms with Crippen LogP contribution in [-0.2, 0) is 14.2 Å². The molecule has 3 N–H and O–H groups in total. The van der Waals surface area contributed by atoms with Crippen molar-refractivity contribution in [3.8, 4) is 0 Å². The van der Waals surface area contributed by atoms with Crippen LogP contribution in [0.1, 0.15) is 0 Å². The van der Waals surface area contributed by atoms with Crippen molar-refractivity contribution < 1.29 is 29.0 Å². The molecule has 0 radical (unpaired) electrons. The monoisotopic (exact) mass is 273 g/mol. The fourth-order valence-electron chi connectivity index (χ4n) is 1.36. The maximum atomic E-state index is 10.9. The zero-order valence-electron chi connectivity index (χ0n) is 9.42. The lowest BCUT2D eigenvalue weighted by Crippen LogP contribution is -2.39. The molecule has 0 saturated heterocycles. The quantitative estimate of drug-likeness (QED) is 0.379. The number of carbonyl (C=O) groups excluding carboxylic acids is 1. The maximum absolute atomic E-state index is 10.9. The van der Waals surface area contributed by atoms with Crippen LogP contribution >= 0.6 is 7.60 Å². The van der Waals surface area contributed by atoms with Crippen molar-refractivity contribution in [2.24, 2.45) is 0 Å². The molecule has 0 bridgehead atoms. The van der Waals surface area contributed by atoms with Gasteiger partial charge >= 0.3 is 13.6 Å². The molecule has 1 aromatic rings. The fourth-order valence-corrected chi connectivity index (χ4v) is 1.90. The van der Waals surface area contributed by atoms with Gasteiger partial charge in [0.1, 0.15) is 0 Å². The second-order valence-corrected chi connectivity index (χ2v) is 5.19. The molecule has 1 atom stereocenters. The zero-order chi connectivity index (χ0) is 13.9. The molecule has 0 unspecified atom stereocenters. The van der Waals surface area contributed by atoms with E-state index in [4.69, 9.17) is 14.9 Å². The highest BCUT2D eigenvalue weighted by molar-refractivity contribution is 7.60. The highest BCUT2D eigenvalue weighted by atomic mass is 31.2. The first-order chi connectivity index (χ1) is 8.27. The lowest BCUT2D eigenvalue weighted by atomic mass is 10.2. The Morgan fingerprint density at radius 1 is 1.33 bits per heavy atom. The zero-order valence-corrected chi connectivity index (χ0v) is 10.3. The molecule has 0 aliphatic carbocycles. The number of hydrogen-bond donors (Lipinski definition) is 3. The standard InChI is InChI=1S/C10H12NO6P/c1-11(9(6-12)10(13)14)7-2-4-8(5-3-7)18(15,16)17/h2-6,9H,1H3,(H,13,14)(H2,15,16,17)/t9-/m0/s1. The molecule has 0 amide bonds. The number of carbonyl (C=O) groups is 2. The first kappa shape index (κ1) is 14.4. The lowest BCUT2D eigenvalue weighted by Gasteiger charge is -2.22. The summed E-state index contributed by atoms with van der Waals surface area (Å²) in [6.07, 6.45) is 0.277. The number of benzene rings is 1. The number of likely N-dealkylation sites (N-methyl/N-ethyl adjacent to an activating group) is 1. The summed E-state index contributed by atoms with van der Waals surface area (Å²) < 4.78 is 10.9. The molecule has 1 rings (SSSR count). The minimum Gasteiger partial charge on any atom is -0.479 e. The Morgan fingerprint density at radius 2 is 1.83 bits per heavy atom. The summed E-state index contributed by atoms with van der Waals surface area (Å²) in [5.41, 5.74) is 0.367. The van der Waals surface area contributed by atoms with Crippen molar-refractivity contribution in [1.82, 2.24) is 0 Å². The number of carboxylic acids is 1. The summed E-state index contributed by atoms with van der Waals surface area (Å²) in [7, 11) is -2.92. The van der Waals surface area contributed by atoms with Crippen LogP contribution in [0.15, 0.2) is 24.3 Å². The average molecular weight is 273 g/mol. The Labute approximate surface area is 103 Å². The van der Waals surface area contributed by atoms with Crippen LogP contribution in [-0.4, -0.2) is 40.2 Å².